The number of nitrogens with zero attached hydrogens (tertiary/aromatic N) is 3. The van der Waals surface area contributed by atoms with E-state index in [0.29, 0.717) is 29.6 Å². The molecule has 1 unspecified atom stereocenters. The maximum Gasteiger partial charge on any atom is 0.254 e. The molecule has 7 heteroatoms. The van der Waals surface area contributed by atoms with Crippen molar-refractivity contribution in [1.29, 1.82) is 0 Å². The highest BCUT2D eigenvalue weighted by molar-refractivity contribution is 5.95. The molecule has 0 radical (unpaired) electrons. The Morgan fingerprint density at radius 1 is 1.20 bits per heavy atom. The number of nitrogens with one attached hydrogen (secondary N) is 1. The normalized spacial score (nSPS) is 19.9. The van der Waals surface area contributed by atoms with E-state index in [1.807, 2.05) is 0 Å². The molecule has 1 aliphatic carbocycles. The van der Waals surface area contributed by atoms with Gasteiger partial charge in [-0.15, -0.1) is 0 Å². The summed E-state index contributed by atoms with van der Waals surface area (Å²) in [4.78, 5) is 30.3. The lowest BCUT2D eigenvalue weighted by Crippen LogP contribution is -2.30. The van der Waals surface area contributed by atoms with Crippen molar-refractivity contribution < 1.29 is 14.1 Å². The maximum absolute atomic E-state index is 12.9. The largest absolute Gasteiger partial charge is 0.337 e. The predicted octanol–water partition coefficient (Wildman–Crippen LogP) is 2.88. The highest BCUT2D eigenvalue weighted by Crippen LogP contribution is 2.40. The number of anilines is 1. The lowest BCUT2D eigenvalue weighted by molar-refractivity contribution is -0.114. The standard InChI is InChI=1S/C18H20N4O3/c1-11(23)19-14-8-6-13(7-9-14)18(24)22-10-2-3-15(22)17-20-16(21-25-17)12-4-5-12/h6-9,12,15H,2-5,10H2,1H3,(H,19,23). The summed E-state index contributed by atoms with van der Waals surface area (Å²) in [6.45, 7) is 2.13. The minimum Gasteiger partial charge on any atom is -0.337 e. The second-order valence-corrected chi connectivity index (χ2v) is 6.68. The summed E-state index contributed by atoms with van der Waals surface area (Å²) in [6, 6.07) is 6.77. The first kappa shape index (κ1) is 15.8. The van der Waals surface area contributed by atoms with Gasteiger partial charge in [0.15, 0.2) is 5.82 Å². The average Bonchev–Trinajstić information content (AvgIpc) is 3.13. The number of carbonyl (C=O) groups is 2. The molecule has 1 aromatic heterocycles. The molecule has 0 bridgehead atoms. The minimum atomic E-state index is -0.150. The van der Waals surface area contributed by atoms with Crippen molar-refractivity contribution in [3.63, 3.8) is 0 Å². The Morgan fingerprint density at radius 2 is 1.96 bits per heavy atom. The van der Waals surface area contributed by atoms with Gasteiger partial charge in [0.1, 0.15) is 6.04 Å². The number of likely N-dealkylation sites (tertiary alicyclic amines) is 1. The van der Waals surface area contributed by atoms with Gasteiger partial charge in [-0.1, -0.05) is 5.16 Å². The van der Waals surface area contributed by atoms with Gasteiger partial charge in [0, 0.05) is 30.6 Å². The summed E-state index contributed by atoms with van der Waals surface area (Å²) in [5.74, 6) is 1.56. The summed E-state index contributed by atoms with van der Waals surface area (Å²) < 4.78 is 5.43. The van der Waals surface area contributed by atoms with Crippen LogP contribution >= 0.6 is 0 Å². The highest BCUT2D eigenvalue weighted by atomic mass is 16.5. The van der Waals surface area contributed by atoms with E-state index in [2.05, 4.69) is 15.5 Å². The zero-order valence-corrected chi connectivity index (χ0v) is 14.1. The van der Waals surface area contributed by atoms with E-state index in [1.54, 1.807) is 29.2 Å². The van der Waals surface area contributed by atoms with Crippen LogP contribution in [0.4, 0.5) is 5.69 Å². The molecule has 1 N–H and O–H groups in total. The molecule has 1 saturated carbocycles. The monoisotopic (exact) mass is 340 g/mol. The van der Waals surface area contributed by atoms with Crippen molar-refractivity contribution in [2.45, 2.75) is 44.6 Å². The smallest absolute Gasteiger partial charge is 0.254 e. The van der Waals surface area contributed by atoms with Crippen molar-refractivity contribution in [3.05, 3.63) is 41.5 Å². The average molecular weight is 340 g/mol. The molecule has 1 atom stereocenters. The topological polar surface area (TPSA) is 88.3 Å². The molecule has 2 heterocycles. The van der Waals surface area contributed by atoms with Crippen molar-refractivity contribution in [2.75, 3.05) is 11.9 Å². The zero-order valence-electron chi connectivity index (χ0n) is 14.1. The van der Waals surface area contributed by atoms with E-state index >= 15 is 0 Å². The Morgan fingerprint density at radius 3 is 2.64 bits per heavy atom. The number of aromatic nitrogens is 2. The second kappa shape index (κ2) is 6.31. The Labute approximate surface area is 145 Å². The van der Waals surface area contributed by atoms with Crippen LogP contribution < -0.4 is 5.32 Å². The Hall–Kier alpha value is -2.70. The molecular weight excluding hydrogens is 320 g/mol. The molecule has 2 amide bonds. The quantitative estimate of drug-likeness (QED) is 0.924. The number of hydrogen-bond donors (Lipinski definition) is 1. The molecule has 4 rings (SSSR count). The molecule has 1 aliphatic heterocycles. The number of hydrogen-bond acceptors (Lipinski definition) is 5. The molecule has 1 saturated heterocycles. The molecule has 130 valence electrons. The van der Waals surface area contributed by atoms with Gasteiger partial charge in [0.2, 0.25) is 11.8 Å². The van der Waals surface area contributed by atoms with Gasteiger partial charge >= 0.3 is 0 Å². The summed E-state index contributed by atoms with van der Waals surface area (Å²) in [6.07, 6.45) is 3.99. The molecule has 2 fully saturated rings. The van der Waals surface area contributed by atoms with Crippen molar-refractivity contribution >= 4 is 17.5 Å². The summed E-state index contributed by atoms with van der Waals surface area (Å²) in [5.41, 5.74) is 1.26. The summed E-state index contributed by atoms with van der Waals surface area (Å²) in [5, 5.41) is 6.76. The fourth-order valence-electron chi connectivity index (χ4n) is 3.22. The predicted molar refractivity (Wildman–Crippen MR) is 90.0 cm³/mol. The minimum absolute atomic E-state index is 0.0527. The van der Waals surface area contributed by atoms with E-state index in [1.165, 1.54) is 6.92 Å². The fourth-order valence-corrected chi connectivity index (χ4v) is 3.22. The van der Waals surface area contributed by atoms with Crippen LogP contribution in [0.15, 0.2) is 28.8 Å². The van der Waals surface area contributed by atoms with Crippen LogP contribution in [0, 0.1) is 0 Å². The van der Waals surface area contributed by atoms with Crippen LogP contribution in [0.25, 0.3) is 0 Å². The van der Waals surface area contributed by atoms with Crippen LogP contribution in [0.2, 0.25) is 0 Å². The van der Waals surface area contributed by atoms with Gasteiger partial charge in [-0.05, 0) is 49.9 Å². The molecule has 0 spiro atoms. The molecule has 1 aromatic carbocycles. The SMILES string of the molecule is CC(=O)Nc1ccc(C(=O)N2CCCC2c2nc(C3CC3)no2)cc1. The van der Waals surface area contributed by atoms with Gasteiger partial charge < -0.3 is 14.7 Å². The Bertz CT molecular complexity index is 795. The van der Waals surface area contributed by atoms with E-state index in [9.17, 15) is 9.59 Å². The number of carbonyl (C=O) groups excluding carboxylic acids is 2. The molecule has 2 aliphatic rings. The summed E-state index contributed by atoms with van der Waals surface area (Å²) >= 11 is 0. The van der Waals surface area contributed by atoms with Gasteiger partial charge in [0.05, 0.1) is 0 Å². The van der Waals surface area contributed by atoms with Crippen molar-refractivity contribution in [2.24, 2.45) is 0 Å². The molecular formula is C18H20N4O3. The third-order valence-corrected chi connectivity index (χ3v) is 4.65. The van der Waals surface area contributed by atoms with E-state index < -0.39 is 0 Å². The van der Waals surface area contributed by atoms with E-state index in [-0.39, 0.29) is 17.9 Å². The highest BCUT2D eigenvalue weighted by Gasteiger charge is 2.36. The first-order valence-corrected chi connectivity index (χ1v) is 8.64. The van der Waals surface area contributed by atoms with Crippen molar-refractivity contribution in [1.82, 2.24) is 15.0 Å². The second-order valence-electron chi connectivity index (χ2n) is 6.68. The zero-order chi connectivity index (χ0) is 17.4. The van der Waals surface area contributed by atoms with Crippen LogP contribution in [-0.2, 0) is 4.79 Å². The molecule has 7 nitrogen and oxygen atoms in total. The van der Waals surface area contributed by atoms with Crippen LogP contribution in [-0.4, -0.2) is 33.4 Å². The van der Waals surface area contributed by atoms with Gasteiger partial charge in [-0.25, -0.2) is 0 Å². The van der Waals surface area contributed by atoms with Gasteiger partial charge in [0.25, 0.3) is 5.91 Å². The van der Waals surface area contributed by atoms with Crippen molar-refractivity contribution in [3.8, 4) is 0 Å². The van der Waals surface area contributed by atoms with E-state index in [4.69, 9.17) is 4.52 Å². The first-order chi connectivity index (χ1) is 12.1. The molecule has 25 heavy (non-hydrogen) atoms. The number of benzene rings is 1. The van der Waals surface area contributed by atoms with Gasteiger partial charge in [-0.3, -0.25) is 9.59 Å². The lowest BCUT2D eigenvalue weighted by Gasteiger charge is -2.22. The third kappa shape index (κ3) is 3.26. The number of amides is 2. The van der Waals surface area contributed by atoms with E-state index in [0.717, 1.165) is 31.5 Å². The third-order valence-electron chi connectivity index (χ3n) is 4.65. The lowest BCUT2D eigenvalue weighted by atomic mass is 10.1. The Kier molecular flexibility index (Phi) is 3.99. The number of rotatable bonds is 4. The molecule has 2 aromatic rings. The Balaban J connectivity index is 1.50. The van der Waals surface area contributed by atoms with Crippen LogP contribution in [0.5, 0.6) is 0 Å². The fraction of sp³-hybridized carbons (Fsp3) is 0.444. The van der Waals surface area contributed by atoms with Gasteiger partial charge in [-0.2, -0.15) is 4.98 Å². The first-order valence-electron chi connectivity index (χ1n) is 8.64. The van der Waals surface area contributed by atoms with Crippen LogP contribution in [0.1, 0.15) is 66.6 Å². The van der Waals surface area contributed by atoms with Crippen LogP contribution in [0.3, 0.4) is 0 Å². The maximum atomic E-state index is 12.9. The summed E-state index contributed by atoms with van der Waals surface area (Å²) in [7, 11) is 0.